The van der Waals surface area contributed by atoms with Gasteiger partial charge in [-0.15, -0.1) is 0 Å². The maximum Gasteiger partial charge on any atom is 0.145 e. The van der Waals surface area contributed by atoms with Gasteiger partial charge in [-0.2, -0.15) is 5.10 Å². The number of aryl methyl sites for hydroxylation is 2. The summed E-state index contributed by atoms with van der Waals surface area (Å²) in [4.78, 5) is 0. The van der Waals surface area contributed by atoms with Crippen LogP contribution in [-0.2, 0) is 20.1 Å². The van der Waals surface area contributed by atoms with E-state index in [4.69, 9.17) is 22.1 Å². The van der Waals surface area contributed by atoms with E-state index in [0.717, 1.165) is 17.8 Å². The van der Waals surface area contributed by atoms with Gasteiger partial charge in [0.25, 0.3) is 0 Å². The number of halogens is 3. The lowest BCUT2D eigenvalue weighted by molar-refractivity contribution is 0.295. The van der Waals surface area contributed by atoms with Crippen LogP contribution in [0.1, 0.15) is 18.3 Å². The van der Waals surface area contributed by atoms with Gasteiger partial charge in [0, 0.05) is 13.1 Å². The quantitative estimate of drug-likeness (QED) is 0.844. The highest BCUT2D eigenvalue weighted by atomic mass is 79.9. The summed E-state index contributed by atoms with van der Waals surface area (Å²) < 4.78 is 21.0. The van der Waals surface area contributed by atoms with Crippen molar-refractivity contribution in [2.24, 2.45) is 7.05 Å². The Morgan fingerprint density at radius 2 is 2.20 bits per heavy atom. The van der Waals surface area contributed by atoms with E-state index in [9.17, 15) is 4.39 Å². The van der Waals surface area contributed by atoms with Crippen LogP contribution in [0, 0.1) is 5.82 Å². The topological polar surface area (TPSA) is 53.1 Å². The van der Waals surface area contributed by atoms with Crippen LogP contribution in [-0.4, -0.2) is 9.78 Å². The van der Waals surface area contributed by atoms with Gasteiger partial charge in [-0.05, 0) is 28.4 Å². The molecular formula is C13H14BrClFN3O. The standard InChI is InChI=1S/C13H14BrClFN3O/c1-3-10-13(15)11(19(2)18-10)6-20-12-5-8(16)7(14)4-9(12)17/h4-5H,3,6,17H2,1-2H3. The van der Waals surface area contributed by atoms with Gasteiger partial charge in [0.15, 0.2) is 0 Å². The number of benzene rings is 1. The van der Waals surface area contributed by atoms with Crippen molar-refractivity contribution >= 4 is 33.2 Å². The van der Waals surface area contributed by atoms with E-state index in [-0.39, 0.29) is 12.4 Å². The second-order valence-corrected chi connectivity index (χ2v) is 5.51. The summed E-state index contributed by atoms with van der Waals surface area (Å²) >= 11 is 9.28. The molecule has 0 saturated heterocycles. The van der Waals surface area contributed by atoms with Crippen molar-refractivity contribution in [1.29, 1.82) is 0 Å². The van der Waals surface area contributed by atoms with Crippen molar-refractivity contribution < 1.29 is 9.13 Å². The van der Waals surface area contributed by atoms with Gasteiger partial charge in [0.05, 0.1) is 26.6 Å². The van der Waals surface area contributed by atoms with Gasteiger partial charge in [-0.25, -0.2) is 4.39 Å². The molecule has 4 nitrogen and oxygen atoms in total. The van der Waals surface area contributed by atoms with Crippen molar-refractivity contribution in [3.8, 4) is 5.75 Å². The average molecular weight is 363 g/mol. The highest BCUT2D eigenvalue weighted by molar-refractivity contribution is 9.10. The van der Waals surface area contributed by atoms with Gasteiger partial charge >= 0.3 is 0 Å². The zero-order valence-corrected chi connectivity index (χ0v) is 13.4. The van der Waals surface area contributed by atoms with Gasteiger partial charge in [0.2, 0.25) is 0 Å². The van der Waals surface area contributed by atoms with Gasteiger partial charge in [-0.3, -0.25) is 4.68 Å². The van der Waals surface area contributed by atoms with E-state index in [1.807, 2.05) is 6.92 Å². The van der Waals surface area contributed by atoms with E-state index in [1.54, 1.807) is 11.7 Å². The molecule has 2 rings (SSSR count). The summed E-state index contributed by atoms with van der Waals surface area (Å²) in [7, 11) is 1.79. The number of ether oxygens (including phenoxy) is 1. The molecule has 1 aromatic carbocycles. The van der Waals surface area contributed by atoms with Crippen LogP contribution in [0.2, 0.25) is 5.02 Å². The van der Waals surface area contributed by atoms with E-state index < -0.39 is 5.82 Å². The number of nitrogens with zero attached hydrogens (tertiary/aromatic N) is 2. The molecule has 0 aliphatic heterocycles. The number of aromatic nitrogens is 2. The molecule has 1 aromatic heterocycles. The van der Waals surface area contributed by atoms with E-state index in [1.165, 1.54) is 12.1 Å². The molecule has 108 valence electrons. The number of hydrogen-bond donors (Lipinski definition) is 1. The van der Waals surface area contributed by atoms with Crippen LogP contribution in [0.25, 0.3) is 0 Å². The summed E-state index contributed by atoms with van der Waals surface area (Å²) in [6.45, 7) is 2.15. The lowest BCUT2D eigenvalue weighted by Gasteiger charge is -2.10. The van der Waals surface area contributed by atoms with E-state index in [0.29, 0.717) is 15.2 Å². The molecule has 0 aliphatic rings. The third kappa shape index (κ3) is 2.91. The first-order valence-electron chi connectivity index (χ1n) is 6.01. The Hall–Kier alpha value is -1.27. The Labute approximate surface area is 129 Å². The second kappa shape index (κ2) is 6.01. The third-order valence-electron chi connectivity index (χ3n) is 2.92. The second-order valence-electron chi connectivity index (χ2n) is 4.28. The molecule has 0 bridgehead atoms. The first-order valence-corrected chi connectivity index (χ1v) is 7.18. The molecular weight excluding hydrogens is 349 g/mol. The van der Waals surface area contributed by atoms with Crippen molar-refractivity contribution in [2.75, 3.05) is 5.73 Å². The predicted octanol–water partition coefficient (Wildman–Crippen LogP) is 3.70. The normalized spacial score (nSPS) is 10.8. The summed E-state index contributed by atoms with van der Waals surface area (Å²) in [5, 5.41) is 4.86. The highest BCUT2D eigenvalue weighted by Gasteiger charge is 2.14. The van der Waals surface area contributed by atoms with E-state index >= 15 is 0 Å². The fourth-order valence-corrected chi connectivity index (χ4v) is 2.50. The van der Waals surface area contributed by atoms with Gasteiger partial charge in [0.1, 0.15) is 18.2 Å². The Balaban J connectivity index is 2.21. The lowest BCUT2D eigenvalue weighted by Crippen LogP contribution is -2.05. The summed E-state index contributed by atoms with van der Waals surface area (Å²) in [6.07, 6.45) is 0.738. The molecule has 0 atom stereocenters. The molecule has 0 radical (unpaired) electrons. The lowest BCUT2D eigenvalue weighted by atomic mass is 10.3. The molecule has 7 heteroatoms. The van der Waals surface area contributed by atoms with Crippen molar-refractivity contribution in [2.45, 2.75) is 20.0 Å². The van der Waals surface area contributed by atoms with Crippen molar-refractivity contribution in [1.82, 2.24) is 9.78 Å². The first kappa shape index (κ1) is 15.1. The molecule has 0 saturated carbocycles. The maximum atomic E-state index is 13.5. The Morgan fingerprint density at radius 3 is 2.80 bits per heavy atom. The predicted molar refractivity (Wildman–Crippen MR) is 80.4 cm³/mol. The minimum atomic E-state index is -0.431. The monoisotopic (exact) mass is 361 g/mol. The fraction of sp³-hybridized carbons (Fsp3) is 0.308. The first-order chi connectivity index (χ1) is 9.43. The molecule has 2 N–H and O–H groups in total. The summed E-state index contributed by atoms with van der Waals surface area (Å²) in [5.41, 5.74) is 7.67. The number of nitrogens with two attached hydrogens (primary N) is 1. The molecule has 20 heavy (non-hydrogen) atoms. The zero-order valence-electron chi connectivity index (χ0n) is 11.1. The summed E-state index contributed by atoms with van der Waals surface area (Å²) in [5.74, 6) is -0.152. The number of anilines is 1. The van der Waals surface area contributed by atoms with Crippen molar-refractivity contribution in [3.05, 3.63) is 38.8 Å². The average Bonchev–Trinajstić information content (AvgIpc) is 2.67. The smallest absolute Gasteiger partial charge is 0.145 e. The van der Waals surface area contributed by atoms with Crippen molar-refractivity contribution in [3.63, 3.8) is 0 Å². The maximum absolute atomic E-state index is 13.5. The van der Waals surface area contributed by atoms with Gasteiger partial charge < -0.3 is 10.5 Å². The van der Waals surface area contributed by atoms with Gasteiger partial charge in [-0.1, -0.05) is 18.5 Å². The molecule has 0 amide bonds. The van der Waals surface area contributed by atoms with Crippen LogP contribution in [0.15, 0.2) is 16.6 Å². The molecule has 0 spiro atoms. The summed E-state index contributed by atoms with van der Waals surface area (Å²) in [6, 6.07) is 2.71. The third-order valence-corrected chi connectivity index (χ3v) is 3.96. The zero-order chi connectivity index (χ0) is 14.9. The molecule has 0 aliphatic carbocycles. The largest absolute Gasteiger partial charge is 0.485 e. The minimum Gasteiger partial charge on any atom is -0.485 e. The SMILES string of the molecule is CCc1nn(C)c(COc2cc(F)c(Br)cc2N)c1Cl. The van der Waals surface area contributed by atoms with E-state index in [2.05, 4.69) is 21.0 Å². The minimum absolute atomic E-state index is 0.174. The molecule has 1 heterocycles. The highest BCUT2D eigenvalue weighted by Crippen LogP contribution is 2.30. The molecule has 2 aromatic rings. The number of nitrogen functional groups attached to an aromatic ring is 1. The molecule has 0 unspecified atom stereocenters. The van der Waals surface area contributed by atoms with Crippen LogP contribution in [0.3, 0.4) is 0 Å². The molecule has 0 fully saturated rings. The van der Waals surface area contributed by atoms with Crippen LogP contribution < -0.4 is 10.5 Å². The Kier molecular flexibility index (Phi) is 4.55. The Bertz CT molecular complexity index is 645. The van der Waals surface area contributed by atoms with Crippen LogP contribution in [0.5, 0.6) is 5.75 Å². The number of hydrogen-bond acceptors (Lipinski definition) is 3. The van der Waals surface area contributed by atoms with Crippen LogP contribution >= 0.6 is 27.5 Å². The van der Waals surface area contributed by atoms with Crippen LogP contribution in [0.4, 0.5) is 10.1 Å². The Morgan fingerprint density at radius 1 is 1.50 bits per heavy atom. The fourth-order valence-electron chi connectivity index (χ4n) is 1.79. The number of rotatable bonds is 4.